The van der Waals surface area contributed by atoms with E-state index in [4.69, 9.17) is 4.74 Å². The van der Waals surface area contributed by atoms with Gasteiger partial charge in [0.1, 0.15) is 6.04 Å². The molecule has 6 heteroatoms. The Bertz CT molecular complexity index is 617. The lowest BCUT2D eigenvalue weighted by atomic mass is 10.1. The second-order valence-corrected chi connectivity index (χ2v) is 4.58. The van der Waals surface area contributed by atoms with Crippen LogP contribution in [-0.4, -0.2) is 34.5 Å². The SMILES string of the molecule is CCOC(=O)C(Cc1ccncc1)NC(=O)c1cccnc1. The first-order valence-electron chi connectivity index (χ1n) is 6.97. The van der Waals surface area contributed by atoms with Crippen LogP contribution in [0.2, 0.25) is 0 Å². The smallest absolute Gasteiger partial charge is 0.328 e. The molecule has 114 valence electrons. The van der Waals surface area contributed by atoms with Crippen molar-refractivity contribution in [2.24, 2.45) is 0 Å². The van der Waals surface area contributed by atoms with Gasteiger partial charge in [0, 0.05) is 31.2 Å². The maximum Gasteiger partial charge on any atom is 0.328 e. The molecule has 0 saturated carbocycles. The van der Waals surface area contributed by atoms with Gasteiger partial charge in [-0.05, 0) is 36.8 Å². The van der Waals surface area contributed by atoms with Crippen LogP contribution in [0.5, 0.6) is 0 Å². The highest BCUT2D eigenvalue weighted by molar-refractivity contribution is 5.96. The number of ether oxygens (including phenoxy) is 1. The summed E-state index contributed by atoms with van der Waals surface area (Å²) in [5.41, 5.74) is 1.28. The minimum absolute atomic E-state index is 0.258. The number of nitrogens with zero attached hydrogens (tertiary/aromatic N) is 2. The predicted octanol–water partition coefficient (Wildman–Crippen LogP) is 1.38. The van der Waals surface area contributed by atoms with E-state index in [0.29, 0.717) is 12.0 Å². The number of esters is 1. The lowest BCUT2D eigenvalue weighted by molar-refractivity contribution is -0.145. The van der Waals surface area contributed by atoms with Gasteiger partial charge in [-0.25, -0.2) is 4.79 Å². The van der Waals surface area contributed by atoms with E-state index < -0.39 is 12.0 Å². The fourth-order valence-electron chi connectivity index (χ4n) is 1.93. The minimum atomic E-state index is -0.755. The van der Waals surface area contributed by atoms with Gasteiger partial charge in [0.25, 0.3) is 5.91 Å². The van der Waals surface area contributed by atoms with Crippen LogP contribution in [0.4, 0.5) is 0 Å². The van der Waals surface area contributed by atoms with Gasteiger partial charge in [-0.1, -0.05) is 0 Å². The Morgan fingerprint density at radius 2 is 1.95 bits per heavy atom. The summed E-state index contributed by atoms with van der Waals surface area (Å²) < 4.78 is 5.03. The molecule has 0 radical (unpaired) electrons. The maximum atomic E-state index is 12.2. The summed E-state index contributed by atoms with van der Waals surface area (Å²) in [4.78, 5) is 32.1. The zero-order valence-electron chi connectivity index (χ0n) is 12.2. The average molecular weight is 299 g/mol. The van der Waals surface area contributed by atoms with Gasteiger partial charge < -0.3 is 10.1 Å². The predicted molar refractivity (Wildman–Crippen MR) is 80.1 cm³/mol. The van der Waals surface area contributed by atoms with Crippen LogP contribution < -0.4 is 5.32 Å². The molecule has 0 saturated heterocycles. The number of carbonyl (C=O) groups is 2. The van der Waals surface area contributed by atoms with E-state index in [-0.39, 0.29) is 12.5 Å². The number of rotatable bonds is 6. The van der Waals surface area contributed by atoms with Crippen LogP contribution in [0, 0.1) is 0 Å². The quantitative estimate of drug-likeness (QED) is 0.815. The molecule has 0 bridgehead atoms. The zero-order valence-corrected chi connectivity index (χ0v) is 12.2. The van der Waals surface area contributed by atoms with Gasteiger partial charge >= 0.3 is 5.97 Å². The fourth-order valence-corrected chi connectivity index (χ4v) is 1.93. The zero-order chi connectivity index (χ0) is 15.8. The summed E-state index contributed by atoms with van der Waals surface area (Å²) in [6, 6.07) is 6.13. The van der Waals surface area contributed by atoms with Gasteiger partial charge in [0.15, 0.2) is 0 Å². The van der Waals surface area contributed by atoms with Crippen LogP contribution in [0.25, 0.3) is 0 Å². The molecule has 2 aromatic heterocycles. The molecule has 0 aromatic carbocycles. The maximum absolute atomic E-state index is 12.2. The molecule has 1 atom stereocenters. The summed E-state index contributed by atoms with van der Waals surface area (Å²) in [6.07, 6.45) is 6.65. The largest absolute Gasteiger partial charge is 0.464 e. The van der Waals surface area contributed by atoms with Gasteiger partial charge in [-0.15, -0.1) is 0 Å². The molecule has 2 rings (SSSR count). The Kier molecular flexibility index (Phi) is 5.59. The second-order valence-electron chi connectivity index (χ2n) is 4.58. The number of amides is 1. The number of hydrogen-bond acceptors (Lipinski definition) is 5. The van der Waals surface area contributed by atoms with Crippen LogP contribution in [0.15, 0.2) is 49.1 Å². The van der Waals surface area contributed by atoms with Crippen LogP contribution in [0.3, 0.4) is 0 Å². The van der Waals surface area contributed by atoms with Crippen molar-refractivity contribution in [2.75, 3.05) is 6.61 Å². The molecule has 0 aliphatic carbocycles. The van der Waals surface area contributed by atoms with Crippen molar-refractivity contribution >= 4 is 11.9 Å². The Balaban J connectivity index is 2.11. The molecule has 6 nitrogen and oxygen atoms in total. The number of hydrogen-bond donors (Lipinski definition) is 1. The van der Waals surface area contributed by atoms with Crippen molar-refractivity contribution < 1.29 is 14.3 Å². The monoisotopic (exact) mass is 299 g/mol. The molecule has 0 spiro atoms. The summed E-state index contributed by atoms with van der Waals surface area (Å²) in [7, 11) is 0. The molecule has 0 aliphatic rings. The van der Waals surface area contributed by atoms with E-state index >= 15 is 0 Å². The van der Waals surface area contributed by atoms with Gasteiger partial charge in [0.2, 0.25) is 0 Å². The number of aromatic nitrogens is 2. The molecule has 0 fully saturated rings. The van der Waals surface area contributed by atoms with Crippen molar-refractivity contribution in [3.63, 3.8) is 0 Å². The number of nitrogens with one attached hydrogen (secondary N) is 1. The Hall–Kier alpha value is -2.76. The van der Waals surface area contributed by atoms with E-state index in [2.05, 4.69) is 15.3 Å². The highest BCUT2D eigenvalue weighted by Crippen LogP contribution is 2.05. The lowest BCUT2D eigenvalue weighted by Crippen LogP contribution is -2.43. The molecular weight excluding hydrogens is 282 g/mol. The first-order valence-corrected chi connectivity index (χ1v) is 6.97. The summed E-state index contributed by atoms with van der Waals surface area (Å²) in [5, 5.41) is 2.69. The van der Waals surface area contributed by atoms with Crippen LogP contribution in [0.1, 0.15) is 22.8 Å². The molecular formula is C16H17N3O3. The molecule has 1 amide bonds. The van der Waals surface area contributed by atoms with E-state index in [1.165, 1.54) is 6.20 Å². The highest BCUT2D eigenvalue weighted by atomic mass is 16.5. The average Bonchev–Trinajstić information content (AvgIpc) is 2.56. The highest BCUT2D eigenvalue weighted by Gasteiger charge is 2.23. The van der Waals surface area contributed by atoms with Crippen molar-refractivity contribution in [2.45, 2.75) is 19.4 Å². The van der Waals surface area contributed by atoms with Crippen molar-refractivity contribution in [3.8, 4) is 0 Å². The van der Waals surface area contributed by atoms with E-state index in [1.54, 1.807) is 49.8 Å². The van der Waals surface area contributed by atoms with E-state index in [1.807, 2.05) is 0 Å². The lowest BCUT2D eigenvalue weighted by Gasteiger charge is -2.17. The third kappa shape index (κ3) is 4.37. The fraction of sp³-hybridized carbons (Fsp3) is 0.250. The van der Waals surface area contributed by atoms with Gasteiger partial charge in [0.05, 0.1) is 12.2 Å². The Morgan fingerprint density at radius 3 is 2.59 bits per heavy atom. The van der Waals surface area contributed by atoms with Crippen molar-refractivity contribution in [1.29, 1.82) is 0 Å². The number of pyridine rings is 2. The summed E-state index contributed by atoms with van der Waals surface area (Å²) in [6.45, 7) is 1.98. The van der Waals surface area contributed by atoms with Gasteiger partial charge in [-0.3, -0.25) is 14.8 Å². The molecule has 1 N–H and O–H groups in total. The van der Waals surface area contributed by atoms with Crippen molar-refractivity contribution in [3.05, 3.63) is 60.2 Å². The van der Waals surface area contributed by atoms with E-state index in [0.717, 1.165) is 5.56 Å². The molecule has 1 unspecified atom stereocenters. The summed E-state index contributed by atoms with van der Waals surface area (Å²) >= 11 is 0. The molecule has 2 heterocycles. The topological polar surface area (TPSA) is 81.2 Å². The number of carbonyl (C=O) groups excluding carboxylic acids is 2. The Labute approximate surface area is 128 Å². The second kappa shape index (κ2) is 7.87. The minimum Gasteiger partial charge on any atom is -0.464 e. The third-order valence-electron chi connectivity index (χ3n) is 2.99. The van der Waals surface area contributed by atoms with E-state index in [9.17, 15) is 9.59 Å². The summed E-state index contributed by atoms with van der Waals surface area (Å²) in [5.74, 6) is -0.822. The molecule has 22 heavy (non-hydrogen) atoms. The first kappa shape index (κ1) is 15.6. The first-order chi connectivity index (χ1) is 10.7. The molecule has 0 aliphatic heterocycles. The van der Waals surface area contributed by atoms with Crippen LogP contribution in [-0.2, 0) is 16.0 Å². The molecule has 2 aromatic rings. The van der Waals surface area contributed by atoms with Gasteiger partial charge in [-0.2, -0.15) is 0 Å². The standard InChI is InChI=1S/C16H17N3O3/c1-2-22-16(21)14(10-12-5-8-17-9-6-12)19-15(20)13-4-3-7-18-11-13/h3-9,11,14H,2,10H2,1H3,(H,19,20). The Morgan fingerprint density at radius 1 is 1.18 bits per heavy atom. The third-order valence-corrected chi connectivity index (χ3v) is 2.99. The van der Waals surface area contributed by atoms with Crippen molar-refractivity contribution in [1.82, 2.24) is 15.3 Å². The normalized spacial score (nSPS) is 11.5. The van der Waals surface area contributed by atoms with Crippen LogP contribution >= 0.6 is 0 Å².